The quantitative estimate of drug-likeness (QED) is 0.775. The number of carbonyl (C=O) groups is 2. The van der Waals surface area contributed by atoms with Crippen LogP contribution in [0.1, 0.15) is 4.88 Å². The van der Waals surface area contributed by atoms with E-state index in [4.69, 9.17) is 0 Å². The van der Waals surface area contributed by atoms with Crippen LogP contribution in [0.25, 0.3) is 0 Å². The predicted molar refractivity (Wildman–Crippen MR) is 70.2 cm³/mol. The SMILES string of the molecule is CN(Cc1cccs1)C(=O)C(=O)N1CCNCC1. The van der Waals surface area contributed by atoms with Crippen LogP contribution in [0.15, 0.2) is 17.5 Å². The lowest BCUT2D eigenvalue weighted by Crippen LogP contribution is -2.51. The summed E-state index contributed by atoms with van der Waals surface area (Å²) in [5.74, 6) is -0.819. The van der Waals surface area contributed by atoms with Crippen LogP contribution >= 0.6 is 11.3 Å². The van der Waals surface area contributed by atoms with Crippen molar-refractivity contribution in [1.82, 2.24) is 15.1 Å². The summed E-state index contributed by atoms with van der Waals surface area (Å²) in [5.41, 5.74) is 0. The molecule has 1 fully saturated rings. The Hall–Kier alpha value is -1.40. The second kappa shape index (κ2) is 5.97. The summed E-state index contributed by atoms with van der Waals surface area (Å²) in [5, 5.41) is 5.12. The van der Waals surface area contributed by atoms with Crippen molar-refractivity contribution >= 4 is 23.2 Å². The van der Waals surface area contributed by atoms with Crippen LogP contribution in [0.3, 0.4) is 0 Å². The van der Waals surface area contributed by atoms with Crippen molar-refractivity contribution in [2.45, 2.75) is 6.54 Å². The zero-order chi connectivity index (χ0) is 13.0. The maximum Gasteiger partial charge on any atom is 0.312 e. The topological polar surface area (TPSA) is 52.7 Å². The number of likely N-dealkylation sites (N-methyl/N-ethyl adjacent to an activating group) is 1. The van der Waals surface area contributed by atoms with Gasteiger partial charge in [0.15, 0.2) is 0 Å². The average Bonchev–Trinajstić information content (AvgIpc) is 2.91. The summed E-state index contributed by atoms with van der Waals surface area (Å²) in [6.07, 6.45) is 0. The van der Waals surface area contributed by atoms with E-state index in [1.165, 1.54) is 4.90 Å². The van der Waals surface area contributed by atoms with Crippen molar-refractivity contribution in [3.63, 3.8) is 0 Å². The average molecular weight is 267 g/mol. The van der Waals surface area contributed by atoms with Gasteiger partial charge in [0.1, 0.15) is 0 Å². The summed E-state index contributed by atoms with van der Waals surface area (Å²) in [7, 11) is 1.67. The Balaban J connectivity index is 1.91. The molecule has 2 amide bonds. The van der Waals surface area contributed by atoms with E-state index in [2.05, 4.69) is 5.32 Å². The Labute approximate surface area is 110 Å². The number of piperazine rings is 1. The minimum atomic E-state index is -0.426. The van der Waals surface area contributed by atoms with Gasteiger partial charge in [0.05, 0.1) is 6.54 Å². The number of nitrogens with one attached hydrogen (secondary N) is 1. The lowest BCUT2D eigenvalue weighted by atomic mass is 10.3. The maximum absolute atomic E-state index is 12.0. The van der Waals surface area contributed by atoms with Crippen molar-refractivity contribution in [1.29, 1.82) is 0 Å². The van der Waals surface area contributed by atoms with Gasteiger partial charge in [0, 0.05) is 38.1 Å². The number of carbonyl (C=O) groups excluding carboxylic acids is 2. The smallest absolute Gasteiger partial charge is 0.312 e. The lowest BCUT2D eigenvalue weighted by molar-refractivity contribution is -0.151. The second-order valence-corrected chi connectivity index (χ2v) is 5.32. The van der Waals surface area contributed by atoms with Gasteiger partial charge in [-0.3, -0.25) is 9.59 Å². The van der Waals surface area contributed by atoms with E-state index in [1.54, 1.807) is 23.3 Å². The Kier molecular flexibility index (Phi) is 4.33. The van der Waals surface area contributed by atoms with Crippen LogP contribution in [0.4, 0.5) is 0 Å². The number of hydrogen-bond donors (Lipinski definition) is 1. The first-order valence-electron chi connectivity index (χ1n) is 5.96. The molecule has 1 aromatic heterocycles. The fraction of sp³-hybridized carbons (Fsp3) is 0.500. The molecule has 0 radical (unpaired) electrons. The summed E-state index contributed by atoms with van der Waals surface area (Å²) in [6, 6.07) is 3.90. The third-order valence-electron chi connectivity index (χ3n) is 2.91. The van der Waals surface area contributed by atoms with Gasteiger partial charge in [-0.1, -0.05) is 6.07 Å². The number of rotatable bonds is 2. The summed E-state index contributed by atoms with van der Waals surface area (Å²) >= 11 is 1.59. The number of hydrogen-bond acceptors (Lipinski definition) is 4. The third-order valence-corrected chi connectivity index (χ3v) is 3.77. The molecule has 5 nitrogen and oxygen atoms in total. The van der Waals surface area contributed by atoms with Crippen molar-refractivity contribution < 1.29 is 9.59 Å². The minimum Gasteiger partial charge on any atom is -0.332 e. The second-order valence-electron chi connectivity index (χ2n) is 4.28. The molecule has 1 saturated heterocycles. The van der Waals surface area contributed by atoms with Crippen LogP contribution < -0.4 is 5.32 Å². The third kappa shape index (κ3) is 3.08. The highest BCUT2D eigenvalue weighted by Gasteiger charge is 2.26. The molecular weight excluding hydrogens is 250 g/mol. The van der Waals surface area contributed by atoms with Gasteiger partial charge in [-0.25, -0.2) is 0 Å². The van der Waals surface area contributed by atoms with Crippen molar-refractivity contribution in [3.05, 3.63) is 22.4 Å². The van der Waals surface area contributed by atoms with Crippen LogP contribution in [0.2, 0.25) is 0 Å². The van der Waals surface area contributed by atoms with Gasteiger partial charge in [-0.15, -0.1) is 11.3 Å². The first kappa shape index (κ1) is 13.0. The van der Waals surface area contributed by atoms with E-state index in [9.17, 15) is 9.59 Å². The molecule has 1 aromatic rings. The zero-order valence-corrected chi connectivity index (χ0v) is 11.2. The number of thiophene rings is 1. The number of amides is 2. The van der Waals surface area contributed by atoms with Crippen molar-refractivity contribution in [2.24, 2.45) is 0 Å². The van der Waals surface area contributed by atoms with Crippen LogP contribution in [0.5, 0.6) is 0 Å². The standard InChI is InChI=1S/C12H17N3O2S/c1-14(9-10-3-2-8-18-10)11(16)12(17)15-6-4-13-5-7-15/h2-3,8,13H,4-7,9H2,1H3. The highest BCUT2D eigenvalue weighted by Crippen LogP contribution is 2.11. The molecule has 0 atom stereocenters. The van der Waals surface area contributed by atoms with E-state index < -0.39 is 11.8 Å². The molecule has 1 aliphatic rings. The molecule has 0 saturated carbocycles. The van der Waals surface area contributed by atoms with Gasteiger partial charge >= 0.3 is 11.8 Å². The van der Waals surface area contributed by atoms with Gasteiger partial charge in [-0.2, -0.15) is 0 Å². The molecule has 0 aromatic carbocycles. The molecule has 98 valence electrons. The Bertz CT molecular complexity index is 413. The largest absolute Gasteiger partial charge is 0.332 e. The summed E-state index contributed by atoms with van der Waals surface area (Å²) in [4.78, 5) is 28.1. The van der Waals surface area contributed by atoms with E-state index in [0.717, 1.165) is 18.0 Å². The first-order chi connectivity index (χ1) is 8.68. The van der Waals surface area contributed by atoms with Crippen LogP contribution in [-0.2, 0) is 16.1 Å². The zero-order valence-electron chi connectivity index (χ0n) is 10.4. The molecule has 2 heterocycles. The van der Waals surface area contributed by atoms with E-state index in [1.807, 2.05) is 17.5 Å². The molecule has 0 bridgehead atoms. The Morgan fingerprint density at radius 3 is 2.78 bits per heavy atom. The van der Waals surface area contributed by atoms with Gasteiger partial charge in [0.2, 0.25) is 0 Å². The van der Waals surface area contributed by atoms with Gasteiger partial charge in [-0.05, 0) is 11.4 Å². The summed E-state index contributed by atoms with van der Waals surface area (Å²) in [6.45, 7) is 3.23. The van der Waals surface area contributed by atoms with Crippen LogP contribution in [0, 0.1) is 0 Å². The lowest BCUT2D eigenvalue weighted by Gasteiger charge is -2.28. The Morgan fingerprint density at radius 2 is 2.17 bits per heavy atom. The maximum atomic E-state index is 12.0. The number of nitrogens with zero attached hydrogens (tertiary/aromatic N) is 2. The fourth-order valence-electron chi connectivity index (χ4n) is 1.87. The molecule has 1 aliphatic heterocycles. The minimum absolute atomic E-state index is 0.393. The highest BCUT2D eigenvalue weighted by molar-refractivity contribution is 7.09. The fourth-order valence-corrected chi connectivity index (χ4v) is 2.63. The molecular formula is C12H17N3O2S. The molecule has 6 heteroatoms. The van der Waals surface area contributed by atoms with Gasteiger partial charge < -0.3 is 15.1 Å². The molecule has 0 spiro atoms. The van der Waals surface area contributed by atoms with E-state index in [0.29, 0.717) is 19.6 Å². The highest BCUT2D eigenvalue weighted by atomic mass is 32.1. The Morgan fingerprint density at radius 1 is 1.44 bits per heavy atom. The molecule has 2 rings (SSSR count). The van der Waals surface area contributed by atoms with Crippen molar-refractivity contribution in [2.75, 3.05) is 33.2 Å². The molecule has 18 heavy (non-hydrogen) atoms. The normalized spacial score (nSPS) is 15.5. The monoisotopic (exact) mass is 267 g/mol. The molecule has 0 unspecified atom stereocenters. The van der Waals surface area contributed by atoms with Gasteiger partial charge in [0.25, 0.3) is 0 Å². The van der Waals surface area contributed by atoms with Crippen LogP contribution in [-0.4, -0.2) is 54.8 Å². The summed E-state index contributed by atoms with van der Waals surface area (Å²) < 4.78 is 0. The first-order valence-corrected chi connectivity index (χ1v) is 6.84. The van der Waals surface area contributed by atoms with E-state index >= 15 is 0 Å². The molecule has 0 aliphatic carbocycles. The predicted octanol–water partition coefficient (Wildman–Crippen LogP) is 0.138. The van der Waals surface area contributed by atoms with Crippen molar-refractivity contribution in [3.8, 4) is 0 Å². The molecule has 1 N–H and O–H groups in total. The van der Waals surface area contributed by atoms with E-state index in [-0.39, 0.29) is 0 Å².